The molecule has 10 heteroatoms. The fraction of sp³-hybridized carbons (Fsp3) is 0.154. The molecule has 2 rings (SSSR count). The minimum atomic E-state index is -0.739. The maximum atomic E-state index is 11.7. The van der Waals surface area contributed by atoms with E-state index in [1.807, 2.05) is 0 Å². The highest BCUT2D eigenvalue weighted by Crippen LogP contribution is 2.21. The first-order chi connectivity index (χ1) is 11.0. The van der Waals surface area contributed by atoms with Crippen molar-refractivity contribution in [3.05, 3.63) is 46.0 Å². The number of aromatic nitrogens is 1. The first-order valence-corrected chi connectivity index (χ1v) is 6.40. The number of phenolic OH excluding ortho intramolecular Hbond substituents is 1. The lowest BCUT2D eigenvalue weighted by atomic mass is 10.2. The van der Waals surface area contributed by atoms with E-state index in [0.717, 1.165) is 24.4 Å². The number of carbonyl (C=O) groups excluding carboxylic acids is 1. The summed E-state index contributed by atoms with van der Waals surface area (Å²) in [6.45, 7) is 2.11. The van der Waals surface area contributed by atoms with Gasteiger partial charge in [0.15, 0.2) is 0 Å². The highest BCUT2D eigenvalue weighted by molar-refractivity contribution is 5.91. The van der Waals surface area contributed by atoms with Crippen molar-refractivity contribution >= 4 is 17.8 Å². The molecule has 0 aliphatic carbocycles. The Balaban J connectivity index is 2.04. The van der Waals surface area contributed by atoms with Gasteiger partial charge in [-0.15, -0.1) is 0 Å². The molecule has 2 N–H and O–H groups in total. The van der Waals surface area contributed by atoms with E-state index in [4.69, 9.17) is 9.15 Å². The zero-order chi connectivity index (χ0) is 16.8. The second kappa shape index (κ2) is 7.02. The molecule has 0 fully saturated rings. The van der Waals surface area contributed by atoms with E-state index in [0.29, 0.717) is 6.61 Å². The van der Waals surface area contributed by atoms with Gasteiger partial charge < -0.3 is 14.3 Å². The van der Waals surface area contributed by atoms with Crippen LogP contribution in [-0.2, 0) is 0 Å². The van der Waals surface area contributed by atoms with Crippen molar-refractivity contribution in [1.29, 1.82) is 0 Å². The van der Waals surface area contributed by atoms with E-state index < -0.39 is 10.8 Å². The molecule has 1 aromatic carbocycles. The summed E-state index contributed by atoms with van der Waals surface area (Å²) in [5, 5.41) is 23.8. The Morgan fingerprint density at radius 1 is 1.61 bits per heavy atom. The SMILES string of the molecule is CCOc1cnc(C(=O)N/N=C\c2cc([N+](=O)[O-])ccc2O)o1. The van der Waals surface area contributed by atoms with Crippen LogP contribution in [0, 0.1) is 10.1 Å². The van der Waals surface area contributed by atoms with Crippen molar-refractivity contribution in [1.82, 2.24) is 10.4 Å². The highest BCUT2D eigenvalue weighted by Gasteiger charge is 2.13. The molecule has 1 aromatic heterocycles. The van der Waals surface area contributed by atoms with Gasteiger partial charge in [-0.05, 0) is 13.0 Å². The number of carbonyl (C=O) groups is 1. The van der Waals surface area contributed by atoms with Gasteiger partial charge in [0.2, 0.25) is 0 Å². The number of ether oxygens (including phenoxy) is 1. The molecule has 10 nitrogen and oxygen atoms in total. The molecule has 0 spiro atoms. The van der Waals surface area contributed by atoms with Crippen LogP contribution in [0.25, 0.3) is 0 Å². The molecule has 1 heterocycles. The van der Waals surface area contributed by atoms with Crippen LogP contribution in [-0.4, -0.2) is 33.7 Å². The lowest BCUT2D eigenvalue weighted by Gasteiger charge is -1.99. The van der Waals surface area contributed by atoms with Crippen LogP contribution < -0.4 is 10.2 Å². The third-order valence-corrected chi connectivity index (χ3v) is 2.56. The van der Waals surface area contributed by atoms with Crippen molar-refractivity contribution in [2.45, 2.75) is 6.92 Å². The Morgan fingerprint density at radius 3 is 3.09 bits per heavy atom. The van der Waals surface area contributed by atoms with Crippen molar-refractivity contribution < 1.29 is 24.0 Å². The number of aromatic hydroxyl groups is 1. The second-order valence-electron chi connectivity index (χ2n) is 4.12. The standard InChI is InChI=1S/C13H12N4O6/c1-2-22-11-7-14-13(23-11)12(19)16-15-6-8-5-9(17(20)21)3-4-10(8)18/h3-7,18H,2H2,1H3,(H,16,19)/b15-6-. The van der Waals surface area contributed by atoms with Crippen molar-refractivity contribution in [2.75, 3.05) is 6.61 Å². The fourth-order valence-corrected chi connectivity index (χ4v) is 1.54. The minimum absolute atomic E-state index is 0.0712. The average molecular weight is 320 g/mol. The largest absolute Gasteiger partial charge is 0.507 e. The summed E-state index contributed by atoms with van der Waals surface area (Å²) in [4.78, 5) is 25.5. The summed E-state index contributed by atoms with van der Waals surface area (Å²) in [6.07, 6.45) is 2.31. The van der Waals surface area contributed by atoms with Gasteiger partial charge in [0, 0.05) is 17.7 Å². The molecule has 0 saturated carbocycles. The summed E-state index contributed by atoms with van der Waals surface area (Å²) in [7, 11) is 0. The summed E-state index contributed by atoms with van der Waals surface area (Å²) >= 11 is 0. The topological polar surface area (TPSA) is 140 Å². The van der Waals surface area contributed by atoms with Gasteiger partial charge in [-0.2, -0.15) is 5.10 Å². The normalized spacial score (nSPS) is 10.7. The van der Waals surface area contributed by atoms with Crippen molar-refractivity contribution in [2.24, 2.45) is 5.10 Å². The van der Waals surface area contributed by atoms with Gasteiger partial charge in [0.25, 0.3) is 11.6 Å². The van der Waals surface area contributed by atoms with E-state index in [2.05, 4.69) is 15.5 Å². The number of rotatable bonds is 6. The summed E-state index contributed by atoms with van der Waals surface area (Å²) < 4.78 is 10.0. The highest BCUT2D eigenvalue weighted by atomic mass is 16.6. The van der Waals surface area contributed by atoms with Crippen molar-refractivity contribution in [3.63, 3.8) is 0 Å². The number of nitro benzene ring substituents is 1. The number of nitrogens with zero attached hydrogens (tertiary/aromatic N) is 3. The molecular weight excluding hydrogens is 308 g/mol. The molecule has 2 aromatic rings. The number of nitro groups is 1. The Morgan fingerprint density at radius 2 is 2.39 bits per heavy atom. The summed E-state index contributed by atoms with van der Waals surface area (Å²) in [5.41, 5.74) is 1.97. The molecule has 0 unspecified atom stereocenters. The van der Waals surface area contributed by atoms with Crippen LogP contribution in [0.4, 0.5) is 5.69 Å². The predicted octanol–water partition coefficient (Wildman–Crippen LogP) is 1.45. The van der Waals surface area contributed by atoms with Gasteiger partial charge in [-0.3, -0.25) is 14.9 Å². The molecule has 1 amide bonds. The molecule has 0 saturated heterocycles. The third kappa shape index (κ3) is 4.03. The molecule has 0 aliphatic heterocycles. The van der Waals surface area contributed by atoms with E-state index in [-0.39, 0.29) is 28.8 Å². The number of non-ortho nitro benzene ring substituents is 1. The molecule has 0 atom stereocenters. The average Bonchev–Trinajstić information content (AvgIpc) is 2.98. The van der Waals surface area contributed by atoms with Crippen LogP contribution in [0.5, 0.6) is 11.7 Å². The molecule has 0 aliphatic rings. The number of benzene rings is 1. The smallest absolute Gasteiger partial charge is 0.327 e. The molecule has 120 valence electrons. The lowest BCUT2D eigenvalue weighted by Crippen LogP contribution is -2.17. The predicted molar refractivity (Wildman–Crippen MR) is 77.5 cm³/mol. The minimum Gasteiger partial charge on any atom is -0.507 e. The first-order valence-electron chi connectivity index (χ1n) is 6.40. The Labute approximate surface area is 129 Å². The second-order valence-corrected chi connectivity index (χ2v) is 4.12. The molecule has 0 radical (unpaired) electrons. The van der Waals surface area contributed by atoms with E-state index >= 15 is 0 Å². The molecule has 23 heavy (non-hydrogen) atoms. The molecule has 0 bridgehead atoms. The van der Waals surface area contributed by atoms with Crippen LogP contribution >= 0.6 is 0 Å². The van der Waals surface area contributed by atoms with E-state index in [9.17, 15) is 20.0 Å². The van der Waals surface area contributed by atoms with Gasteiger partial charge >= 0.3 is 11.9 Å². The van der Waals surface area contributed by atoms with Crippen LogP contribution in [0.1, 0.15) is 23.2 Å². The number of amides is 1. The number of phenols is 1. The van der Waals surface area contributed by atoms with Crippen LogP contribution in [0.3, 0.4) is 0 Å². The maximum absolute atomic E-state index is 11.7. The van der Waals surface area contributed by atoms with E-state index in [1.165, 1.54) is 6.20 Å². The summed E-state index contributed by atoms with van der Waals surface area (Å²) in [5.74, 6) is -1.12. The number of hydrazone groups is 1. The third-order valence-electron chi connectivity index (χ3n) is 2.56. The Bertz CT molecular complexity index is 755. The number of hydrogen-bond acceptors (Lipinski definition) is 8. The molecular formula is C13H12N4O6. The van der Waals surface area contributed by atoms with Crippen LogP contribution in [0.15, 0.2) is 33.9 Å². The number of oxazole rings is 1. The van der Waals surface area contributed by atoms with Gasteiger partial charge in [-0.25, -0.2) is 10.4 Å². The summed E-state index contributed by atoms with van der Waals surface area (Å²) in [6, 6.07) is 3.42. The zero-order valence-corrected chi connectivity index (χ0v) is 11.9. The zero-order valence-electron chi connectivity index (χ0n) is 11.9. The first kappa shape index (κ1) is 15.9. The fourth-order valence-electron chi connectivity index (χ4n) is 1.54. The Hall–Kier alpha value is -3.43. The number of hydrogen-bond donors (Lipinski definition) is 2. The van der Waals surface area contributed by atoms with Crippen LogP contribution in [0.2, 0.25) is 0 Å². The monoisotopic (exact) mass is 320 g/mol. The Kier molecular flexibility index (Phi) is 4.87. The van der Waals surface area contributed by atoms with E-state index in [1.54, 1.807) is 6.92 Å². The quantitative estimate of drug-likeness (QED) is 0.466. The van der Waals surface area contributed by atoms with Gasteiger partial charge in [0.05, 0.1) is 17.7 Å². The maximum Gasteiger partial charge on any atom is 0.327 e. The van der Waals surface area contributed by atoms with Gasteiger partial charge in [0.1, 0.15) is 11.9 Å². The number of nitrogens with one attached hydrogen (secondary N) is 1. The lowest BCUT2D eigenvalue weighted by molar-refractivity contribution is -0.384. The van der Waals surface area contributed by atoms with Crippen molar-refractivity contribution in [3.8, 4) is 11.7 Å². The van der Waals surface area contributed by atoms with Gasteiger partial charge in [-0.1, -0.05) is 0 Å².